The topological polar surface area (TPSA) is 79.9 Å². The number of nitrogens with one attached hydrogen (secondary N) is 2. The van der Waals surface area contributed by atoms with Crippen molar-refractivity contribution < 1.29 is 4.74 Å². The summed E-state index contributed by atoms with van der Waals surface area (Å²) >= 11 is 0. The van der Waals surface area contributed by atoms with E-state index in [1.807, 2.05) is 31.2 Å². The van der Waals surface area contributed by atoms with Crippen molar-refractivity contribution in [2.24, 2.45) is 0 Å². The van der Waals surface area contributed by atoms with Gasteiger partial charge in [-0.3, -0.25) is 0 Å². The van der Waals surface area contributed by atoms with E-state index in [4.69, 9.17) is 4.74 Å². The molecule has 94 valence electrons. The van der Waals surface area contributed by atoms with E-state index in [-0.39, 0.29) is 0 Å². The fourth-order valence-corrected chi connectivity index (χ4v) is 1.45. The fourth-order valence-electron chi connectivity index (χ4n) is 1.45. The first kappa shape index (κ1) is 12.1. The Morgan fingerprint density at radius 2 is 2.06 bits per heavy atom. The molecular weight excluding hydrogens is 232 g/mol. The summed E-state index contributed by atoms with van der Waals surface area (Å²) in [5.41, 5.74) is 0.971. The Bertz CT molecular complexity index is 577. The zero-order chi connectivity index (χ0) is 13.0. The van der Waals surface area contributed by atoms with Crippen molar-refractivity contribution in [2.45, 2.75) is 13.8 Å². The minimum Gasteiger partial charge on any atom is -0.494 e. The molecule has 0 aliphatic rings. The van der Waals surface area contributed by atoms with Gasteiger partial charge in [0.15, 0.2) is 5.82 Å². The van der Waals surface area contributed by atoms with Crippen LogP contribution in [0.15, 0.2) is 29.1 Å². The third-order valence-electron chi connectivity index (χ3n) is 2.30. The highest BCUT2D eigenvalue weighted by Gasteiger charge is 2.03. The molecule has 0 unspecified atom stereocenters. The van der Waals surface area contributed by atoms with Crippen molar-refractivity contribution >= 4 is 11.5 Å². The predicted octanol–water partition coefficient (Wildman–Crippen LogP) is 1.62. The molecule has 0 bridgehead atoms. The van der Waals surface area contributed by atoms with Crippen LogP contribution in [0.3, 0.4) is 0 Å². The molecule has 2 aromatic rings. The van der Waals surface area contributed by atoms with E-state index < -0.39 is 5.69 Å². The van der Waals surface area contributed by atoms with Crippen LogP contribution in [-0.4, -0.2) is 21.8 Å². The van der Waals surface area contributed by atoms with Gasteiger partial charge in [0.1, 0.15) is 11.4 Å². The summed E-state index contributed by atoms with van der Waals surface area (Å²) in [4.78, 5) is 14.9. The van der Waals surface area contributed by atoms with E-state index in [2.05, 4.69) is 20.5 Å². The summed E-state index contributed by atoms with van der Waals surface area (Å²) in [5.74, 6) is 1.25. The molecule has 0 aliphatic heterocycles. The van der Waals surface area contributed by atoms with E-state index >= 15 is 0 Å². The van der Waals surface area contributed by atoms with E-state index in [0.717, 1.165) is 11.4 Å². The molecule has 0 saturated heterocycles. The van der Waals surface area contributed by atoms with Crippen LogP contribution in [0.1, 0.15) is 12.6 Å². The van der Waals surface area contributed by atoms with Crippen LogP contribution in [0.25, 0.3) is 0 Å². The van der Waals surface area contributed by atoms with Crippen molar-refractivity contribution in [1.82, 2.24) is 15.2 Å². The number of benzene rings is 1. The summed E-state index contributed by atoms with van der Waals surface area (Å²) in [6.45, 7) is 4.33. The fraction of sp³-hybridized carbons (Fsp3) is 0.250. The Morgan fingerprint density at radius 1 is 1.33 bits per heavy atom. The molecule has 6 nitrogen and oxygen atoms in total. The number of rotatable bonds is 4. The maximum atomic E-state index is 11.1. The van der Waals surface area contributed by atoms with Gasteiger partial charge >= 0.3 is 5.69 Å². The summed E-state index contributed by atoms with van der Waals surface area (Å²) in [6.07, 6.45) is 0. The molecule has 0 spiro atoms. The summed E-state index contributed by atoms with van der Waals surface area (Å²) in [7, 11) is 0. The molecule has 0 amide bonds. The van der Waals surface area contributed by atoms with Crippen molar-refractivity contribution in [3.63, 3.8) is 0 Å². The van der Waals surface area contributed by atoms with Gasteiger partial charge < -0.3 is 10.1 Å². The van der Waals surface area contributed by atoms with Gasteiger partial charge in [-0.2, -0.15) is 10.1 Å². The molecule has 0 radical (unpaired) electrons. The van der Waals surface area contributed by atoms with Crippen LogP contribution in [0.5, 0.6) is 5.75 Å². The molecule has 1 aromatic heterocycles. The Morgan fingerprint density at radius 3 is 2.72 bits per heavy atom. The summed E-state index contributed by atoms with van der Waals surface area (Å²) < 4.78 is 5.34. The van der Waals surface area contributed by atoms with Gasteiger partial charge in [-0.25, -0.2) is 9.89 Å². The molecule has 0 aliphatic carbocycles. The van der Waals surface area contributed by atoms with Gasteiger partial charge in [0.2, 0.25) is 0 Å². The predicted molar refractivity (Wildman–Crippen MR) is 68.3 cm³/mol. The van der Waals surface area contributed by atoms with Crippen LogP contribution in [-0.2, 0) is 0 Å². The zero-order valence-corrected chi connectivity index (χ0v) is 10.2. The minimum atomic E-state index is -0.478. The molecule has 0 fully saturated rings. The average Bonchev–Trinajstić information content (AvgIpc) is 2.37. The number of aromatic nitrogens is 3. The molecule has 2 rings (SSSR count). The third kappa shape index (κ3) is 2.85. The van der Waals surface area contributed by atoms with Crippen LogP contribution >= 0.6 is 0 Å². The van der Waals surface area contributed by atoms with Crippen molar-refractivity contribution in [3.05, 3.63) is 40.4 Å². The van der Waals surface area contributed by atoms with Gasteiger partial charge in [-0.15, -0.1) is 0 Å². The molecule has 0 atom stereocenters. The van der Waals surface area contributed by atoms with Crippen molar-refractivity contribution in [3.8, 4) is 5.75 Å². The maximum Gasteiger partial charge on any atom is 0.363 e. The lowest BCUT2D eigenvalue weighted by Crippen LogP contribution is -2.15. The number of hydrogen-bond donors (Lipinski definition) is 2. The van der Waals surface area contributed by atoms with E-state index in [1.54, 1.807) is 6.92 Å². The molecule has 1 aromatic carbocycles. The standard InChI is InChI=1S/C12H14N4O2/c1-3-18-10-6-4-9(5-7-10)13-11-8(2)15-16-12(17)14-11/h4-7H,3H2,1-2H3,(H2,13,14,16,17). The van der Waals surface area contributed by atoms with Crippen LogP contribution < -0.4 is 15.7 Å². The van der Waals surface area contributed by atoms with Crippen LogP contribution in [0.2, 0.25) is 0 Å². The highest BCUT2D eigenvalue weighted by Crippen LogP contribution is 2.19. The number of hydrogen-bond acceptors (Lipinski definition) is 5. The summed E-state index contributed by atoms with van der Waals surface area (Å²) in [5, 5.41) is 9.14. The monoisotopic (exact) mass is 246 g/mol. The number of aromatic amines is 1. The lowest BCUT2D eigenvalue weighted by molar-refractivity contribution is 0.340. The van der Waals surface area contributed by atoms with Gasteiger partial charge in [-0.05, 0) is 38.1 Å². The first-order valence-corrected chi connectivity index (χ1v) is 5.62. The molecule has 18 heavy (non-hydrogen) atoms. The lowest BCUT2D eigenvalue weighted by atomic mass is 10.3. The molecule has 1 heterocycles. The minimum absolute atomic E-state index is 0.447. The molecule has 0 saturated carbocycles. The van der Waals surface area contributed by atoms with Crippen LogP contribution in [0, 0.1) is 6.92 Å². The zero-order valence-electron chi connectivity index (χ0n) is 10.2. The summed E-state index contributed by atoms with van der Waals surface area (Å²) in [6, 6.07) is 7.41. The van der Waals surface area contributed by atoms with Crippen LogP contribution in [0.4, 0.5) is 11.5 Å². The number of ether oxygens (including phenoxy) is 1. The van der Waals surface area contributed by atoms with E-state index in [0.29, 0.717) is 18.1 Å². The normalized spacial score (nSPS) is 10.1. The highest BCUT2D eigenvalue weighted by molar-refractivity contribution is 5.58. The number of H-pyrrole nitrogens is 1. The second-order valence-electron chi connectivity index (χ2n) is 3.66. The Balaban J connectivity index is 2.18. The van der Waals surface area contributed by atoms with E-state index in [9.17, 15) is 4.79 Å². The van der Waals surface area contributed by atoms with Crippen molar-refractivity contribution in [1.29, 1.82) is 0 Å². The average molecular weight is 246 g/mol. The Kier molecular flexibility index (Phi) is 3.57. The van der Waals surface area contributed by atoms with Crippen molar-refractivity contribution in [2.75, 3.05) is 11.9 Å². The lowest BCUT2D eigenvalue weighted by Gasteiger charge is -2.08. The number of anilines is 2. The highest BCUT2D eigenvalue weighted by atomic mass is 16.5. The largest absolute Gasteiger partial charge is 0.494 e. The quantitative estimate of drug-likeness (QED) is 0.856. The molecular formula is C12H14N4O2. The SMILES string of the molecule is CCOc1ccc(Nc2nc(=O)[nH]nc2C)cc1. The third-order valence-corrected chi connectivity index (χ3v) is 2.30. The second-order valence-corrected chi connectivity index (χ2v) is 3.66. The Hall–Kier alpha value is -2.37. The van der Waals surface area contributed by atoms with Gasteiger partial charge in [0.05, 0.1) is 6.61 Å². The molecule has 6 heteroatoms. The van der Waals surface area contributed by atoms with Gasteiger partial charge in [0, 0.05) is 5.69 Å². The van der Waals surface area contributed by atoms with Gasteiger partial charge in [-0.1, -0.05) is 0 Å². The molecule has 2 N–H and O–H groups in total. The second kappa shape index (κ2) is 5.31. The number of nitrogens with zero attached hydrogens (tertiary/aromatic N) is 2. The first-order valence-electron chi connectivity index (χ1n) is 5.62. The maximum absolute atomic E-state index is 11.1. The van der Waals surface area contributed by atoms with E-state index in [1.165, 1.54) is 0 Å². The smallest absolute Gasteiger partial charge is 0.363 e. The first-order chi connectivity index (χ1) is 8.69. The van der Waals surface area contributed by atoms with Gasteiger partial charge in [0.25, 0.3) is 0 Å². The Labute approximate surface area is 104 Å². The number of aryl methyl sites for hydroxylation is 1.